The quantitative estimate of drug-likeness (QED) is 0.650. The van der Waals surface area contributed by atoms with Crippen LogP contribution in [0.1, 0.15) is 27.6 Å². The summed E-state index contributed by atoms with van der Waals surface area (Å²) in [6.45, 7) is 2.71. The molecule has 21 heavy (non-hydrogen) atoms. The normalized spacial score (nSPS) is 14.9. The molecule has 0 aliphatic carbocycles. The molecule has 3 nitrogen and oxygen atoms in total. The van der Waals surface area contributed by atoms with E-state index in [-0.39, 0.29) is 6.04 Å². The minimum atomic E-state index is -0.0528. The van der Waals surface area contributed by atoms with E-state index in [4.69, 9.17) is 33.8 Å². The maximum absolute atomic E-state index is 6.35. The van der Waals surface area contributed by atoms with Gasteiger partial charge in [-0.25, -0.2) is 0 Å². The summed E-state index contributed by atoms with van der Waals surface area (Å²) >= 11 is 14.2. The lowest BCUT2D eigenvalue weighted by atomic mass is 10.0. The Balaban J connectivity index is 1.93. The summed E-state index contributed by atoms with van der Waals surface area (Å²) in [6, 6.07) is 3.87. The van der Waals surface area contributed by atoms with E-state index in [9.17, 15) is 0 Å². The van der Waals surface area contributed by atoms with Crippen molar-refractivity contribution < 1.29 is 4.74 Å². The molecule has 1 atom stereocenters. The Morgan fingerprint density at radius 2 is 2.24 bits per heavy atom. The van der Waals surface area contributed by atoms with E-state index in [1.165, 1.54) is 5.56 Å². The van der Waals surface area contributed by atoms with Crippen LogP contribution < -0.4 is 16.0 Å². The lowest BCUT2D eigenvalue weighted by Crippen LogP contribution is -2.29. The lowest BCUT2D eigenvalue weighted by molar-refractivity contribution is 0.351. The minimum Gasteiger partial charge on any atom is -0.493 e. The van der Waals surface area contributed by atoms with E-state index in [2.05, 4.69) is 5.43 Å². The summed E-state index contributed by atoms with van der Waals surface area (Å²) in [7, 11) is 0. The molecule has 0 saturated carbocycles. The predicted molar refractivity (Wildman–Crippen MR) is 88.5 cm³/mol. The van der Waals surface area contributed by atoms with E-state index in [0.717, 1.165) is 38.2 Å². The molecule has 112 valence electrons. The molecule has 1 unspecified atom stereocenters. The van der Waals surface area contributed by atoms with Gasteiger partial charge in [0.1, 0.15) is 5.75 Å². The van der Waals surface area contributed by atoms with E-state index in [1.54, 1.807) is 11.3 Å². The highest BCUT2D eigenvalue weighted by Gasteiger charge is 2.23. The van der Waals surface area contributed by atoms with E-state index in [1.807, 2.05) is 24.4 Å². The number of rotatable bonds is 4. The molecule has 0 saturated heterocycles. The van der Waals surface area contributed by atoms with Gasteiger partial charge in [0.05, 0.1) is 17.7 Å². The third-order valence-electron chi connectivity index (χ3n) is 3.69. The van der Waals surface area contributed by atoms with Gasteiger partial charge in [-0.15, -0.1) is 11.3 Å². The molecule has 0 spiro atoms. The van der Waals surface area contributed by atoms with Crippen LogP contribution >= 0.6 is 34.5 Å². The van der Waals surface area contributed by atoms with Crippen molar-refractivity contribution in [2.24, 2.45) is 5.84 Å². The number of ether oxygens (including phenoxy) is 1. The largest absolute Gasteiger partial charge is 0.493 e. The van der Waals surface area contributed by atoms with Crippen LogP contribution in [0, 0.1) is 6.92 Å². The first-order chi connectivity index (χ1) is 10.1. The summed E-state index contributed by atoms with van der Waals surface area (Å²) in [6.07, 6.45) is 1.60. The van der Waals surface area contributed by atoms with Crippen molar-refractivity contribution in [3.05, 3.63) is 49.1 Å². The van der Waals surface area contributed by atoms with Crippen molar-refractivity contribution in [2.75, 3.05) is 6.61 Å². The van der Waals surface area contributed by atoms with Crippen LogP contribution in [-0.2, 0) is 12.8 Å². The molecule has 2 aromatic rings. The summed E-state index contributed by atoms with van der Waals surface area (Å²) < 4.78 is 5.74. The van der Waals surface area contributed by atoms with Gasteiger partial charge in [0.2, 0.25) is 0 Å². The Morgan fingerprint density at radius 1 is 1.43 bits per heavy atom. The fourth-order valence-electron chi connectivity index (χ4n) is 2.63. The topological polar surface area (TPSA) is 47.3 Å². The minimum absolute atomic E-state index is 0.0528. The van der Waals surface area contributed by atoms with Gasteiger partial charge in [-0.2, -0.15) is 0 Å². The van der Waals surface area contributed by atoms with Crippen LogP contribution in [-0.4, -0.2) is 6.61 Å². The molecule has 3 rings (SSSR count). The Hall–Kier alpha value is -0.780. The third-order valence-corrected chi connectivity index (χ3v) is 5.74. The van der Waals surface area contributed by atoms with E-state index in [0.29, 0.717) is 13.0 Å². The van der Waals surface area contributed by atoms with Gasteiger partial charge in [-0.3, -0.25) is 11.3 Å². The van der Waals surface area contributed by atoms with Gasteiger partial charge in [0, 0.05) is 16.3 Å². The van der Waals surface area contributed by atoms with Gasteiger partial charge < -0.3 is 4.74 Å². The Kier molecular flexibility index (Phi) is 4.43. The molecule has 6 heteroatoms. The van der Waals surface area contributed by atoms with Crippen molar-refractivity contribution in [3.8, 4) is 5.75 Å². The van der Waals surface area contributed by atoms with Crippen LogP contribution in [0.15, 0.2) is 17.5 Å². The number of nitrogens with two attached hydrogens (primary N) is 1. The van der Waals surface area contributed by atoms with Crippen molar-refractivity contribution in [1.29, 1.82) is 0 Å². The predicted octanol–water partition coefficient (Wildman–Crippen LogP) is 4.05. The maximum Gasteiger partial charge on any atom is 0.125 e. The van der Waals surface area contributed by atoms with Gasteiger partial charge in [0.25, 0.3) is 0 Å². The van der Waals surface area contributed by atoms with Crippen LogP contribution in [0.2, 0.25) is 10.0 Å². The number of halogens is 2. The van der Waals surface area contributed by atoms with Crippen molar-refractivity contribution in [3.63, 3.8) is 0 Å². The van der Waals surface area contributed by atoms with E-state index < -0.39 is 0 Å². The molecule has 1 aliphatic rings. The van der Waals surface area contributed by atoms with E-state index >= 15 is 0 Å². The molecule has 0 bridgehead atoms. The lowest BCUT2D eigenvalue weighted by Gasteiger charge is -2.17. The van der Waals surface area contributed by atoms with Crippen molar-refractivity contribution >= 4 is 34.5 Å². The summed E-state index contributed by atoms with van der Waals surface area (Å²) in [5, 5.41) is 3.56. The molecule has 0 radical (unpaired) electrons. The second-order valence-electron chi connectivity index (χ2n) is 5.17. The average molecular weight is 343 g/mol. The second-order valence-corrected chi connectivity index (χ2v) is 6.90. The molecule has 0 fully saturated rings. The van der Waals surface area contributed by atoms with Gasteiger partial charge >= 0.3 is 0 Å². The highest BCUT2D eigenvalue weighted by Crippen LogP contribution is 2.38. The molecule has 3 N–H and O–H groups in total. The monoisotopic (exact) mass is 342 g/mol. The molecule has 2 heterocycles. The zero-order valence-electron chi connectivity index (χ0n) is 11.6. The van der Waals surface area contributed by atoms with Crippen LogP contribution in [0.25, 0.3) is 0 Å². The zero-order chi connectivity index (χ0) is 15.0. The smallest absolute Gasteiger partial charge is 0.125 e. The third kappa shape index (κ3) is 2.91. The molecular formula is C15H16Cl2N2OS. The van der Waals surface area contributed by atoms with Crippen LogP contribution in [0.3, 0.4) is 0 Å². The molecule has 1 aromatic heterocycles. The highest BCUT2D eigenvalue weighted by atomic mass is 35.5. The zero-order valence-corrected chi connectivity index (χ0v) is 13.9. The first-order valence-electron chi connectivity index (χ1n) is 6.74. The number of hydrogen-bond donors (Lipinski definition) is 2. The molecule has 0 amide bonds. The molecular weight excluding hydrogens is 327 g/mol. The van der Waals surface area contributed by atoms with Crippen molar-refractivity contribution in [2.45, 2.75) is 25.8 Å². The Bertz CT molecular complexity index is 672. The average Bonchev–Trinajstić information content (AvgIpc) is 3.04. The Morgan fingerprint density at radius 3 is 2.90 bits per heavy atom. The number of aryl methyl sites for hydroxylation is 1. The SMILES string of the molecule is Cc1csc(C(Cc2cc(Cl)cc3c2OCC3)NN)c1Cl. The summed E-state index contributed by atoms with van der Waals surface area (Å²) in [4.78, 5) is 1.04. The molecule has 1 aliphatic heterocycles. The van der Waals surface area contributed by atoms with Gasteiger partial charge in [0.15, 0.2) is 0 Å². The number of hydrazine groups is 1. The summed E-state index contributed by atoms with van der Waals surface area (Å²) in [5.74, 6) is 6.69. The van der Waals surface area contributed by atoms with Crippen LogP contribution in [0.5, 0.6) is 5.75 Å². The fraction of sp³-hybridized carbons (Fsp3) is 0.333. The first kappa shape index (κ1) is 15.1. The van der Waals surface area contributed by atoms with Gasteiger partial charge in [-0.05, 0) is 47.5 Å². The van der Waals surface area contributed by atoms with Crippen molar-refractivity contribution in [1.82, 2.24) is 5.43 Å². The first-order valence-corrected chi connectivity index (χ1v) is 8.37. The van der Waals surface area contributed by atoms with Gasteiger partial charge in [-0.1, -0.05) is 23.2 Å². The summed E-state index contributed by atoms with van der Waals surface area (Å²) in [5.41, 5.74) is 6.17. The number of benzene rings is 1. The number of fused-ring (bicyclic) bond motifs is 1. The number of nitrogens with one attached hydrogen (secondary N) is 1. The highest BCUT2D eigenvalue weighted by molar-refractivity contribution is 7.10. The fourth-order valence-corrected chi connectivity index (χ4v) is 4.28. The Labute approximate surface area is 138 Å². The number of hydrogen-bond acceptors (Lipinski definition) is 4. The maximum atomic E-state index is 6.35. The second kappa shape index (κ2) is 6.15. The molecule has 1 aromatic carbocycles. The standard InChI is InChI=1S/C15H16Cl2N2OS/c1-8-7-21-15(13(8)17)12(19-18)6-10-5-11(16)4-9-2-3-20-14(9)10/h4-5,7,12,19H,2-3,6,18H2,1H3. The van der Waals surface area contributed by atoms with Crippen LogP contribution in [0.4, 0.5) is 0 Å². The number of thiophene rings is 1.